The number of anilines is 1. The Hall–Kier alpha value is -1.06. The maximum absolute atomic E-state index is 3.64. The van der Waals surface area contributed by atoms with E-state index >= 15 is 0 Å². The molecule has 0 bridgehead atoms. The number of para-hydroxylation sites is 1. The molecule has 112 valence electrons. The van der Waals surface area contributed by atoms with Crippen LogP contribution in [0.2, 0.25) is 0 Å². The lowest BCUT2D eigenvalue weighted by molar-refractivity contribution is 0.412. The second-order valence-electron chi connectivity index (χ2n) is 6.07. The zero-order valence-electron chi connectivity index (χ0n) is 13.2. The molecule has 2 rings (SSSR count). The highest BCUT2D eigenvalue weighted by Gasteiger charge is 2.20. The van der Waals surface area contributed by atoms with Crippen LogP contribution in [0.3, 0.4) is 0 Å². The number of nitrogens with zero attached hydrogens (tertiary/aromatic N) is 2. The van der Waals surface area contributed by atoms with E-state index in [1.807, 2.05) is 0 Å². The van der Waals surface area contributed by atoms with Crippen LogP contribution in [0.4, 0.5) is 5.69 Å². The molecule has 1 saturated carbocycles. The minimum Gasteiger partial charge on any atom is -0.370 e. The molecule has 1 aliphatic rings. The smallest absolute Gasteiger partial charge is 0.0412 e. The van der Waals surface area contributed by atoms with Crippen LogP contribution in [0, 0.1) is 0 Å². The van der Waals surface area contributed by atoms with E-state index in [0.29, 0.717) is 0 Å². The molecule has 0 atom stereocenters. The molecule has 1 aliphatic carbocycles. The van der Waals surface area contributed by atoms with Crippen molar-refractivity contribution in [2.24, 2.45) is 0 Å². The van der Waals surface area contributed by atoms with Gasteiger partial charge in [-0.15, -0.1) is 0 Å². The number of hydrogen-bond donors (Lipinski definition) is 1. The van der Waals surface area contributed by atoms with Gasteiger partial charge in [-0.1, -0.05) is 25.1 Å². The first-order chi connectivity index (χ1) is 9.70. The topological polar surface area (TPSA) is 18.5 Å². The summed E-state index contributed by atoms with van der Waals surface area (Å²) in [6, 6.07) is 9.63. The second-order valence-corrected chi connectivity index (χ2v) is 6.07. The SMILES string of the molecule is CCCN(CCN(C)C)c1ccccc1CNC1CC1. The predicted molar refractivity (Wildman–Crippen MR) is 87.4 cm³/mol. The number of nitrogens with one attached hydrogen (secondary N) is 1. The van der Waals surface area contributed by atoms with Gasteiger partial charge < -0.3 is 15.1 Å². The predicted octanol–water partition coefficient (Wildman–Crippen LogP) is 2.72. The molecule has 0 aromatic heterocycles. The number of hydrogen-bond acceptors (Lipinski definition) is 3. The van der Waals surface area contributed by atoms with Crippen LogP contribution in [0.25, 0.3) is 0 Å². The Labute approximate surface area is 124 Å². The molecule has 0 saturated heterocycles. The highest BCUT2D eigenvalue weighted by atomic mass is 15.2. The van der Waals surface area contributed by atoms with Gasteiger partial charge in [0.1, 0.15) is 0 Å². The highest BCUT2D eigenvalue weighted by molar-refractivity contribution is 5.53. The van der Waals surface area contributed by atoms with Crippen LogP contribution in [0.5, 0.6) is 0 Å². The van der Waals surface area contributed by atoms with Crippen LogP contribution in [-0.4, -0.2) is 44.7 Å². The molecular formula is C17H29N3. The first-order valence-corrected chi connectivity index (χ1v) is 7.91. The normalized spacial score (nSPS) is 14.8. The molecule has 20 heavy (non-hydrogen) atoms. The molecule has 0 amide bonds. The summed E-state index contributed by atoms with van der Waals surface area (Å²) in [6.45, 7) is 6.59. The third kappa shape index (κ3) is 4.80. The molecule has 0 spiro atoms. The van der Waals surface area contributed by atoms with Crippen molar-refractivity contribution in [3.8, 4) is 0 Å². The minimum absolute atomic E-state index is 0.768. The van der Waals surface area contributed by atoms with E-state index in [9.17, 15) is 0 Å². The molecule has 3 heteroatoms. The van der Waals surface area contributed by atoms with Gasteiger partial charge in [-0.05, 0) is 45.0 Å². The Morgan fingerprint density at radius 3 is 2.50 bits per heavy atom. The van der Waals surface area contributed by atoms with Crippen molar-refractivity contribution in [3.05, 3.63) is 29.8 Å². The quantitative estimate of drug-likeness (QED) is 0.747. The largest absolute Gasteiger partial charge is 0.370 e. The van der Waals surface area contributed by atoms with Gasteiger partial charge in [0.15, 0.2) is 0 Å². The first-order valence-electron chi connectivity index (χ1n) is 7.91. The summed E-state index contributed by atoms with van der Waals surface area (Å²) in [4.78, 5) is 4.79. The standard InChI is InChI=1S/C17H29N3/c1-4-11-20(13-12-19(2)3)17-8-6-5-7-15(17)14-18-16-9-10-16/h5-8,16,18H,4,9-14H2,1-3H3. The Morgan fingerprint density at radius 2 is 1.85 bits per heavy atom. The third-order valence-electron chi connectivity index (χ3n) is 3.80. The van der Waals surface area contributed by atoms with Crippen LogP contribution in [0.1, 0.15) is 31.7 Å². The Bertz CT molecular complexity index is 399. The fraction of sp³-hybridized carbons (Fsp3) is 0.647. The molecule has 1 N–H and O–H groups in total. The minimum atomic E-state index is 0.768. The van der Waals surface area contributed by atoms with E-state index in [-0.39, 0.29) is 0 Å². The summed E-state index contributed by atoms with van der Waals surface area (Å²) in [5.74, 6) is 0. The lowest BCUT2D eigenvalue weighted by Gasteiger charge is -2.28. The van der Waals surface area contributed by atoms with E-state index in [4.69, 9.17) is 0 Å². The van der Waals surface area contributed by atoms with Crippen LogP contribution < -0.4 is 10.2 Å². The summed E-state index contributed by atoms with van der Waals surface area (Å²) in [7, 11) is 4.29. The lowest BCUT2D eigenvalue weighted by Crippen LogP contribution is -2.33. The van der Waals surface area contributed by atoms with E-state index in [1.54, 1.807) is 0 Å². The van der Waals surface area contributed by atoms with Crippen molar-refractivity contribution in [1.82, 2.24) is 10.2 Å². The summed E-state index contributed by atoms with van der Waals surface area (Å²) >= 11 is 0. The maximum Gasteiger partial charge on any atom is 0.0412 e. The van der Waals surface area contributed by atoms with Crippen molar-refractivity contribution in [3.63, 3.8) is 0 Å². The van der Waals surface area contributed by atoms with Gasteiger partial charge in [0.05, 0.1) is 0 Å². The molecule has 3 nitrogen and oxygen atoms in total. The van der Waals surface area contributed by atoms with Crippen molar-refractivity contribution in [1.29, 1.82) is 0 Å². The molecule has 0 radical (unpaired) electrons. The van der Waals surface area contributed by atoms with Gasteiger partial charge in [0.25, 0.3) is 0 Å². The monoisotopic (exact) mass is 275 g/mol. The van der Waals surface area contributed by atoms with Crippen molar-refractivity contribution in [2.75, 3.05) is 38.6 Å². The van der Waals surface area contributed by atoms with Gasteiger partial charge in [0.2, 0.25) is 0 Å². The summed E-state index contributed by atoms with van der Waals surface area (Å²) in [5, 5.41) is 3.64. The molecule has 0 aliphatic heterocycles. The molecule has 0 heterocycles. The van der Waals surface area contributed by atoms with Crippen molar-refractivity contribution < 1.29 is 0 Å². The van der Waals surface area contributed by atoms with Gasteiger partial charge in [-0.25, -0.2) is 0 Å². The summed E-state index contributed by atoms with van der Waals surface area (Å²) in [6.07, 6.45) is 3.89. The van der Waals surface area contributed by atoms with Crippen LogP contribution in [-0.2, 0) is 6.54 Å². The zero-order valence-corrected chi connectivity index (χ0v) is 13.2. The summed E-state index contributed by atoms with van der Waals surface area (Å²) < 4.78 is 0. The van der Waals surface area contributed by atoms with Crippen molar-refractivity contribution in [2.45, 2.75) is 38.8 Å². The molecule has 1 aromatic carbocycles. The molecule has 1 fully saturated rings. The van der Waals surface area contributed by atoms with Crippen LogP contribution in [0.15, 0.2) is 24.3 Å². The fourth-order valence-corrected chi connectivity index (χ4v) is 2.45. The van der Waals surface area contributed by atoms with Gasteiger partial charge >= 0.3 is 0 Å². The van der Waals surface area contributed by atoms with E-state index in [2.05, 4.69) is 60.4 Å². The second kappa shape index (κ2) is 7.65. The highest BCUT2D eigenvalue weighted by Crippen LogP contribution is 2.23. The van der Waals surface area contributed by atoms with Gasteiger partial charge in [-0.3, -0.25) is 0 Å². The summed E-state index contributed by atoms with van der Waals surface area (Å²) in [5.41, 5.74) is 2.84. The Balaban J connectivity index is 2.04. The zero-order chi connectivity index (χ0) is 14.4. The molecule has 0 unspecified atom stereocenters. The average molecular weight is 275 g/mol. The van der Waals surface area contributed by atoms with E-state index < -0.39 is 0 Å². The third-order valence-corrected chi connectivity index (χ3v) is 3.80. The number of rotatable bonds is 9. The molecular weight excluding hydrogens is 246 g/mol. The van der Waals surface area contributed by atoms with E-state index in [1.165, 1.54) is 30.5 Å². The van der Waals surface area contributed by atoms with Gasteiger partial charge in [0, 0.05) is 37.9 Å². The van der Waals surface area contributed by atoms with Gasteiger partial charge in [-0.2, -0.15) is 0 Å². The Morgan fingerprint density at radius 1 is 1.10 bits per heavy atom. The fourth-order valence-electron chi connectivity index (χ4n) is 2.45. The average Bonchev–Trinajstić information content (AvgIpc) is 3.25. The van der Waals surface area contributed by atoms with Crippen LogP contribution >= 0.6 is 0 Å². The van der Waals surface area contributed by atoms with Crippen molar-refractivity contribution >= 4 is 5.69 Å². The lowest BCUT2D eigenvalue weighted by atomic mass is 10.1. The Kier molecular flexibility index (Phi) is 5.86. The number of likely N-dealkylation sites (N-methyl/N-ethyl adjacent to an activating group) is 1. The van der Waals surface area contributed by atoms with E-state index in [0.717, 1.165) is 32.2 Å². The maximum atomic E-state index is 3.64. The number of benzene rings is 1. The molecule has 1 aromatic rings. The first kappa shape index (κ1) is 15.3.